The predicted molar refractivity (Wildman–Crippen MR) is 82.4 cm³/mol. The van der Waals surface area contributed by atoms with Crippen LogP contribution < -0.4 is 5.32 Å². The summed E-state index contributed by atoms with van der Waals surface area (Å²) in [5.74, 6) is 1.00. The van der Waals surface area contributed by atoms with Gasteiger partial charge in [-0.25, -0.2) is 0 Å². The fourth-order valence-electron chi connectivity index (χ4n) is 3.43. The van der Waals surface area contributed by atoms with Crippen molar-refractivity contribution in [2.75, 3.05) is 0 Å². The Morgan fingerprint density at radius 1 is 1.21 bits per heavy atom. The van der Waals surface area contributed by atoms with Crippen molar-refractivity contribution in [3.63, 3.8) is 0 Å². The number of aryl methyl sites for hydroxylation is 1. The zero-order valence-corrected chi connectivity index (χ0v) is 13.1. The van der Waals surface area contributed by atoms with Gasteiger partial charge in [0, 0.05) is 31.0 Å². The molecule has 19 heavy (non-hydrogen) atoms. The van der Waals surface area contributed by atoms with E-state index in [0.29, 0.717) is 0 Å². The van der Waals surface area contributed by atoms with Gasteiger partial charge in [0.15, 0.2) is 0 Å². The minimum Gasteiger partial charge on any atom is -0.352 e. The Morgan fingerprint density at radius 2 is 1.89 bits per heavy atom. The van der Waals surface area contributed by atoms with Crippen LogP contribution in [0.5, 0.6) is 0 Å². The third-order valence-electron chi connectivity index (χ3n) is 5.00. The van der Waals surface area contributed by atoms with E-state index < -0.39 is 0 Å². The van der Waals surface area contributed by atoms with E-state index in [1.807, 2.05) is 0 Å². The summed E-state index contributed by atoms with van der Waals surface area (Å²) in [4.78, 5) is 0. The molecule has 0 radical (unpaired) electrons. The SMILES string of the molecule is CCCC1CCC(NCc2cc(C)n(C)c2C)CC1. The molecule has 1 aliphatic rings. The zero-order chi connectivity index (χ0) is 13.8. The molecule has 0 spiro atoms. The molecule has 108 valence electrons. The molecular weight excluding hydrogens is 232 g/mol. The van der Waals surface area contributed by atoms with Crippen LogP contribution in [0.1, 0.15) is 62.4 Å². The minimum atomic E-state index is 0.744. The Bertz CT molecular complexity index is 398. The van der Waals surface area contributed by atoms with Gasteiger partial charge in [0.2, 0.25) is 0 Å². The fourth-order valence-corrected chi connectivity index (χ4v) is 3.43. The molecule has 0 aromatic carbocycles. The van der Waals surface area contributed by atoms with Gasteiger partial charge < -0.3 is 9.88 Å². The van der Waals surface area contributed by atoms with E-state index in [4.69, 9.17) is 0 Å². The topological polar surface area (TPSA) is 17.0 Å². The van der Waals surface area contributed by atoms with Gasteiger partial charge in [-0.05, 0) is 57.1 Å². The van der Waals surface area contributed by atoms with Crippen molar-refractivity contribution < 1.29 is 0 Å². The smallest absolute Gasteiger partial charge is 0.0225 e. The van der Waals surface area contributed by atoms with E-state index in [0.717, 1.165) is 18.5 Å². The molecule has 1 N–H and O–H groups in total. The second-order valence-corrected chi connectivity index (χ2v) is 6.34. The van der Waals surface area contributed by atoms with Crippen molar-refractivity contribution in [1.29, 1.82) is 0 Å². The first kappa shape index (κ1) is 14.6. The largest absolute Gasteiger partial charge is 0.352 e. The molecule has 0 bridgehead atoms. The van der Waals surface area contributed by atoms with Crippen molar-refractivity contribution in [2.24, 2.45) is 13.0 Å². The van der Waals surface area contributed by atoms with E-state index in [1.54, 1.807) is 0 Å². The van der Waals surface area contributed by atoms with E-state index in [-0.39, 0.29) is 0 Å². The second kappa shape index (κ2) is 6.60. The summed E-state index contributed by atoms with van der Waals surface area (Å²) in [5.41, 5.74) is 4.24. The molecule has 0 aliphatic heterocycles. The number of hydrogen-bond acceptors (Lipinski definition) is 1. The highest BCUT2D eigenvalue weighted by Crippen LogP contribution is 2.28. The summed E-state index contributed by atoms with van der Waals surface area (Å²) >= 11 is 0. The van der Waals surface area contributed by atoms with Gasteiger partial charge in [-0.2, -0.15) is 0 Å². The summed E-state index contributed by atoms with van der Waals surface area (Å²) in [6, 6.07) is 3.07. The second-order valence-electron chi connectivity index (χ2n) is 6.34. The lowest BCUT2D eigenvalue weighted by molar-refractivity contribution is 0.277. The molecule has 2 heteroatoms. The van der Waals surface area contributed by atoms with Gasteiger partial charge in [-0.15, -0.1) is 0 Å². The van der Waals surface area contributed by atoms with Crippen LogP contribution in [0.4, 0.5) is 0 Å². The lowest BCUT2D eigenvalue weighted by Crippen LogP contribution is -2.32. The fraction of sp³-hybridized carbons (Fsp3) is 0.765. The lowest BCUT2D eigenvalue weighted by Gasteiger charge is -2.29. The number of hydrogen-bond donors (Lipinski definition) is 1. The summed E-state index contributed by atoms with van der Waals surface area (Å²) in [6.45, 7) is 7.76. The van der Waals surface area contributed by atoms with Crippen molar-refractivity contribution in [3.8, 4) is 0 Å². The number of nitrogens with one attached hydrogen (secondary N) is 1. The average Bonchev–Trinajstić information content (AvgIpc) is 2.66. The Kier molecular flexibility index (Phi) is 5.09. The zero-order valence-electron chi connectivity index (χ0n) is 13.1. The third-order valence-corrected chi connectivity index (χ3v) is 5.00. The molecule has 1 heterocycles. The van der Waals surface area contributed by atoms with E-state index >= 15 is 0 Å². The number of aromatic nitrogens is 1. The van der Waals surface area contributed by atoms with Gasteiger partial charge in [0.05, 0.1) is 0 Å². The molecule has 0 amide bonds. The molecule has 1 aromatic heterocycles. The van der Waals surface area contributed by atoms with E-state index in [9.17, 15) is 0 Å². The van der Waals surface area contributed by atoms with Crippen LogP contribution in [0.2, 0.25) is 0 Å². The average molecular weight is 262 g/mol. The van der Waals surface area contributed by atoms with Gasteiger partial charge in [0.25, 0.3) is 0 Å². The maximum atomic E-state index is 3.77. The molecule has 2 nitrogen and oxygen atoms in total. The quantitative estimate of drug-likeness (QED) is 0.845. The van der Waals surface area contributed by atoms with Gasteiger partial charge >= 0.3 is 0 Å². The van der Waals surface area contributed by atoms with Crippen molar-refractivity contribution in [1.82, 2.24) is 9.88 Å². The lowest BCUT2D eigenvalue weighted by atomic mass is 9.83. The minimum absolute atomic E-state index is 0.744. The van der Waals surface area contributed by atoms with Crippen molar-refractivity contribution >= 4 is 0 Å². The highest BCUT2D eigenvalue weighted by Gasteiger charge is 2.20. The molecule has 1 aromatic rings. The van der Waals surface area contributed by atoms with E-state index in [1.165, 1.54) is 55.5 Å². The first-order valence-electron chi connectivity index (χ1n) is 7.97. The molecule has 0 atom stereocenters. The Balaban J connectivity index is 1.79. The normalized spacial score (nSPS) is 23.8. The van der Waals surface area contributed by atoms with Gasteiger partial charge in [-0.1, -0.05) is 19.8 Å². The molecular formula is C17H30N2. The van der Waals surface area contributed by atoms with Crippen LogP contribution in [0.3, 0.4) is 0 Å². The molecule has 1 fully saturated rings. The summed E-state index contributed by atoms with van der Waals surface area (Å²) < 4.78 is 2.29. The first-order valence-corrected chi connectivity index (χ1v) is 7.97. The Labute approximate surface area is 118 Å². The van der Waals surface area contributed by atoms with Gasteiger partial charge in [-0.3, -0.25) is 0 Å². The van der Waals surface area contributed by atoms with Crippen LogP contribution in [0.25, 0.3) is 0 Å². The van der Waals surface area contributed by atoms with E-state index in [2.05, 4.69) is 43.8 Å². The molecule has 2 rings (SSSR count). The van der Waals surface area contributed by atoms with Crippen LogP contribution in [0, 0.1) is 19.8 Å². The highest BCUT2D eigenvalue weighted by atomic mass is 15.0. The molecule has 0 saturated heterocycles. The number of rotatable bonds is 5. The maximum absolute atomic E-state index is 3.77. The summed E-state index contributed by atoms with van der Waals surface area (Å²) in [7, 11) is 2.16. The Hall–Kier alpha value is -0.760. The maximum Gasteiger partial charge on any atom is 0.0225 e. The third kappa shape index (κ3) is 3.62. The summed E-state index contributed by atoms with van der Waals surface area (Å²) in [6.07, 6.45) is 8.39. The van der Waals surface area contributed by atoms with Crippen LogP contribution in [0.15, 0.2) is 6.07 Å². The molecule has 0 unspecified atom stereocenters. The standard InChI is InChI=1S/C17H30N2/c1-5-6-15-7-9-17(10-8-15)18-12-16-11-13(2)19(4)14(16)3/h11,15,17-18H,5-10,12H2,1-4H3. The monoisotopic (exact) mass is 262 g/mol. The van der Waals surface area contributed by atoms with Crippen molar-refractivity contribution in [3.05, 3.63) is 23.0 Å². The van der Waals surface area contributed by atoms with Crippen LogP contribution >= 0.6 is 0 Å². The Morgan fingerprint density at radius 3 is 2.42 bits per heavy atom. The van der Waals surface area contributed by atoms with Crippen molar-refractivity contribution in [2.45, 2.75) is 71.9 Å². The highest BCUT2D eigenvalue weighted by molar-refractivity contribution is 5.26. The van der Waals surface area contributed by atoms with Crippen LogP contribution in [-0.4, -0.2) is 10.6 Å². The molecule has 1 aliphatic carbocycles. The predicted octanol–water partition coefficient (Wildman–Crippen LogP) is 4.09. The van der Waals surface area contributed by atoms with Crippen LogP contribution in [-0.2, 0) is 13.6 Å². The van der Waals surface area contributed by atoms with Gasteiger partial charge in [0.1, 0.15) is 0 Å². The number of nitrogens with zero attached hydrogens (tertiary/aromatic N) is 1. The first-order chi connectivity index (χ1) is 9.11. The summed E-state index contributed by atoms with van der Waals surface area (Å²) in [5, 5.41) is 3.77. The molecule has 1 saturated carbocycles.